The van der Waals surface area contributed by atoms with Crippen LogP contribution in [0.15, 0.2) is 29.4 Å². The van der Waals surface area contributed by atoms with E-state index in [-0.39, 0.29) is 44.5 Å². The molecule has 8 heteroatoms. The molecule has 0 aliphatic rings. The first-order valence-electron chi connectivity index (χ1n) is 8.87. The molecule has 1 rings (SSSR count). The Labute approximate surface area is 164 Å². The molecule has 0 N–H and O–H groups in total. The van der Waals surface area contributed by atoms with Gasteiger partial charge in [0.05, 0.1) is 19.1 Å². The lowest BCUT2D eigenvalue weighted by atomic mass is 10.1. The summed E-state index contributed by atoms with van der Waals surface area (Å²) in [4.78, 5) is 34.1. The van der Waals surface area contributed by atoms with Crippen molar-refractivity contribution in [2.45, 2.75) is 38.4 Å². The first-order chi connectivity index (χ1) is 13.6. The number of benzene rings is 1. The highest BCUT2D eigenvalue weighted by atomic mass is 16.5. The lowest BCUT2D eigenvalue weighted by Crippen LogP contribution is -2.20. The van der Waals surface area contributed by atoms with Crippen molar-refractivity contribution >= 4 is 17.6 Å². The minimum atomic E-state index is -0.459. The van der Waals surface area contributed by atoms with E-state index in [1.807, 2.05) is 0 Å². The SMILES string of the molecule is C#CCOC(=O)CCC(CCOC)OCCC(=O)OCc1ccccc1N=O. The molecule has 0 aliphatic carbocycles. The van der Waals surface area contributed by atoms with Gasteiger partial charge >= 0.3 is 11.9 Å². The van der Waals surface area contributed by atoms with Crippen LogP contribution in [-0.4, -0.2) is 45.0 Å². The Kier molecular flexibility index (Phi) is 11.9. The van der Waals surface area contributed by atoms with Gasteiger partial charge in [0.2, 0.25) is 0 Å². The van der Waals surface area contributed by atoms with Crippen LogP contribution in [0.25, 0.3) is 0 Å². The van der Waals surface area contributed by atoms with Crippen LogP contribution in [0.5, 0.6) is 0 Å². The number of hydrogen-bond donors (Lipinski definition) is 0. The van der Waals surface area contributed by atoms with Crippen LogP contribution in [0.2, 0.25) is 0 Å². The molecule has 0 saturated carbocycles. The van der Waals surface area contributed by atoms with E-state index in [0.717, 1.165) is 0 Å². The zero-order valence-corrected chi connectivity index (χ0v) is 15.9. The summed E-state index contributed by atoms with van der Waals surface area (Å²) in [6.07, 6.45) is 5.99. The number of carbonyl (C=O) groups excluding carboxylic acids is 2. The molecule has 0 bridgehead atoms. The summed E-state index contributed by atoms with van der Waals surface area (Å²) < 4.78 is 20.7. The summed E-state index contributed by atoms with van der Waals surface area (Å²) in [7, 11) is 1.57. The molecular weight excluding hydrogens is 366 g/mol. The first kappa shape index (κ1) is 23.3. The number of terminal acetylenes is 1. The van der Waals surface area contributed by atoms with E-state index in [9.17, 15) is 14.5 Å². The Hall–Kier alpha value is -2.76. The highest BCUT2D eigenvalue weighted by Gasteiger charge is 2.14. The standard InChI is InChI=1S/C20H25NO7/c1-3-12-27-19(22)9-8-17(10-13-25-2)26-14-11-20(23)28-15-16-6-4-5-7-18(16)21-24/h1,4-7,17H,8-15H2,2H3. The van der Waals surface area contributed by atoms with Crippen LogP contribution in [-0.2, 0) is 35.1 Å². The number of ether oxygens (including phenoxy) is 4. The normalized spacial score (nSPS) is 11.3. The Morgan fingerprint density at radius 2 is 1.86 bits per heavy atom. The van der Waals surface area contributed by atoms with Gasteiger partial charge in [0.15, 0.2) is 6.61 Å². The predicted molar refractivity (Wildman–Crippen MR) is 102 cm³/mol. The number of carbonyl (C=O) groups is 2. The molecule has 1 aromatic carbocycles. The second-order valence-electron chi connectivity index (χ2n) is 5.81. The van der Waals surface area contributed by atoms with Gasteiger partial charge in [-0.1, -0.05) is 24.1 Å². The van der Waals surface area contributed by atoms with Gasteiger partial charge in [0.25, 0.3) is 0 Å². The van der Waals surface area contributed by atoms with E-state index >= 15 is 0 Å². The Bertz CT molecular complexity index is 669. The number of esters is 2. The lowest BCUT2D eigenvalue weighted by molar-refractivity contribution is -0.147. The molecule has 0 aliphatic heterocycles. The zero-order valence-electron chi connectivity index (χ0n) is 15.9. The van der Waals surface area contributed by atoms with Crippen LogP contribution < -0.4 is 0 Å². The molecule has 152 valence electrons. The van der Waals surface area contributed by atoms with Crippen molar-refractivity contribution in [2.75, 3.05) is 26.9 Å². The minimum Gasteiger partial charge on any atom is -0.461 e. The largest absolute Gasteiger partial charge is 0.461 e. The molecular formula is C20H25NO7. The molecule has 0 saturated heterocycles. The number of rotatable bonds is 14. The van der Waals surface area contributed by atoms with Gasteiger partial charge in [-0.3, -0.25) is 9.59 Å². The third-order valence-corrected chi connectivity index (χ3v) is 3.77. The summed E-state index contributed by atoms with van der Waals surface area (Å²) in [6, 6.07) is 6.63. The van der Waals surface area contributed by atoms with Crippen LogP contribution >= 0.6 is 0 Å². The van der Waals surface area contributed by atoms with E-state index in [2.05, 4.69) is 11.1 Å². The molecule has 0 radical (unpaired) electrons. The smallest absolute Gasteiger partial charge is 0.308 e. The van der Waals surface area contributed by atoms with Crippen molar-refractivity contribution in [3.8, 4) is 12.3 Å². The number of nitrogens with zero attached hydrogens (tertiary/aromatic N) is 1. The molecule has 8 nitrogen and oxygen atoms in total. The number of methoxy groups -OCH3 is 1. The highest BCUT2D eigenvalue weighted by Crippen LogP contribution is 2.19. The fourth-order valence-electron chi connectivity index (χ4n) is 2.29. The van der Waals surface area contributed by atoms with Gasteiger partial charge in [-0.15, -0.1) is 11.3 Å². The molecule has 0 fully saturated rings. The summed E-state index contributed by atoms with van der Waals surface area (Å²) >= 11 is 0. The van der Waals surface area contributed by atoms with Gasteiger partial charge in [-0.2, -0.15) is 0 Å². The molecule has 0 spiro atoms. The number of nitroso groups, excluding NO2 is 1. The molecule has 28 heavy (non-hydrogen) atoms. The van der Waals surface area contributed by atoms with Gasteiger partial charge in [0.1, 0.15) is 12.3 Å². The zero-order chi connectivity index (χ0) is 20.6. The van der Waals surface area contributed by atoms with Crippen molar-refractivity contribution in [2.24, 2.45) is 5.18 Å². The van der Waals surface area contributed by atoms with E-state index in [1.54, 1.807) is 31.4 Å². The summed E-state index contributed by atoms with van der Waals surface area (Å²) in [6.45, 7) is 0.510. The van der Waals surface area contributed by atoms with E-state index in [0.29, 0.717) is 25.0 Å². The average molecular weight is 391 g/mol. The topological polar surface area (TPSA) is 100 Å². The second-order valence-corrected chi connectivity index (χ2v) is 5.81. The maximum atomic E-state index is 11.9. The summed E-state index contributed by atoms with van der Waals surface area (Å²) in [5, 5.41) is 2.89. The minimum absolute atomic E-state index is 0.0329. The maximum Gasteiger partial charge on any atom is 0.308 e. The second kappa shape index (κ2) is 14.3. The Balaban J connectivity index is 2.34. The average Bonchev–Trinajstić information content (AvgIpc) is 2.72. The van der Waals surface area contributed by atoms with E-state index < -0.39 is 11.9 Å². The van der Waals surface area contributed by atoms with Crippen LogP contribution in [0.3, 0.4) is 0 Å². The lowest BCUT2D eigenvalue weighted by Gasteiger charge is -2.17. The maximum absolute atomic E-state index is 11.9. The van der Waals surface area contributed by atoms with Crippen molar-refractivity contribution in [1.29, 1.82) is 0 Å². The Morgan fingerprint density at radius 1 is 1.11 bits per heavy atom. The van der Waals surface area contributed by atoms with E-state index in [4.69, 9.17) is 25.4 Å². The number of hydrogen-bond acceptors (Lipinski definition) is 8. The Morgan fingerprint density at radius 3 is 2.57 bits per heavy atom. The first-order valence-corrected chi connectivity index (χ1v) is 8.87. The fourth-order valence-corrected chi connectivity index (χ4v) is 2.29. The predicted octanol–water partition coefficient (Wildman–Crippen LogP) is 2.90. The van der Waals surface area contributed by atoms with E-state index in [1.165, 1.54) is 0 Å². The van der Waals surface area contributed by atoms with Crippen molar-refractivity contribution < 1.29 is 28.5 Å². The molecule has 1 aromatic rings. The third kappa shape index (κ3) is 9.80. The van der Waals surface area contributed by atoms with Gasteiger partial charge < -0.3 is 18.9 Å². The van der Waals surface area contributed by atoms with Crippen LogP contribution in [0, 0.1) is 17.3 Å². The molecule has 0 amide bonds. The monoisotopic (exact) mass is 391 g/mol. The van der Waals surface area contributed by atoms with Crippen LogP contribution in [0.4, 0.5) is 5.69 Å². The van der Waals surface area contributed by atoms with Gasteiger partial charge in [-0.05, 0) is 24.1 Å². The highest BCUT2D eigenvalue weighted by molar-refractivity contribution is 5.70. The van der Waals surface area contributed by atoms with Crippen LogP contribution in [0.1, 0.15) is 31.2 Å². The van der Waals surface area contributed by atoms with Crippen molar-refractivity contribution in [3.63, 3.8) is 0 Å². The quantitative estimate of drug-likeness (QED) is 0.273. The molecule has 1 unspecified atom stereocenters. The fraction of sp³-hybridized carbons (Fsp3) is 0.500. The molecule has 0 heterocycles. The van der Waals surface area contributed by atoms with Crippen molar-refractivity contribution in [3.05, 3.63) is 34.7 Å². The van der Waals surface area contributed by atoms with Crippen molar-refractivity contribution in [1.82, 2.24) is 0 Å². The molecule has 0 aromatic heterocycles. The molecule has 1 atom stereocenters. The summed E-state index contributed by atoms with van der Waals surface area (Å²) in [5.41, 5.74) is 0.776. The third-order valence-electron chi connectivity index (χ3n) is 3.77. The van der Waals surface area contributed by atoms with Gasteiger partial charge in [0, 0.05) is 25.7 Å². The summed E-state index contributed by atoms with van der Waals surface area (Å²) in [5.74, 6) is 1.37. The van der Waals surface area contributed by atoms with Gasteiger partial charge in [-0.25, -0.2) is 0 Å².